The van der Waals surface area contributed by atoms with Gasteiger partial charge in [0.05, 0.1) is 38.2 Å². The van der Waals surface area contributed by atoms with Crippen molar-refractivity contribution in [2.45, 2.75) is 38.0 Å². The second-order valence-corrected chi connectivity index (χ2v) is 9.25. The van der Waals surface area contributed by atoms with Crippen molar-refractivity contribution < 1.29 is 49.7 Å². The summed E-state index contributed by atoms with van der Waals surface area (Å²) in [5.41, 5.74) is 16.6. The predicted molar refractivity (Wildman–Crippen MR) is 159 cm³/mol. The maximum Gasteiger partial charge on any atom is 0.416 e. The van der Waals surface area contributed by atoms with Crippen molar-refractivity contribution in [2.75, 3.05) is 38.5 Å². The number of aldehydes is 1. The second-order valence-electron chi connectivity index (χ2n) is 9.25. The molecule has 238 valence electrons. The van der Waals surface area contributed by atoms with Gasteiger partial charge in [-0.05, 0) is 44.2 Å². The molecular weight excluding hydrogens is 565 g/mol. The van der Waals surface area contributed by atoms with Crippen molar-refractivity contribution >= 4 is 36.4 Å². The van der Waals surface area contributed by atoms with E-state index in [1.54, 1.807) is 25.3 Å². The molecule has 0 aliphatic carbocycles. The molecule has 13 N–H and O–H groups in total. The number of quaternary nitrogens is 3. The molecule has 14 heteroatoms. The highest BCUT2D eigenvalue weighted by Crippen LogP contribution is 2.29. The summed E-state index contributed by atoms with van der Waals surface area (Å²) in [7, 11) is 1.92. The molecule has 0 aliphatic rings. The molecule has 43 heavy (non-hydrogen) atoms. The highest BCUT2D eigenvalue weighted by atomic mass is 19.4. The Kier molecular flexibility index (Phi) is 19.7. The Morgan fingerprint density at radius 2 is 1.70 bits per heavy atom. The van der Waals surface area contributed by atoms with Crippen LogP contribution in [0.4, 0.5) is 18.9 Å². The SMILES string of the molecule is C=Cc1cc(NC=O)c[nH+]c1C=C.CC(Cc1ccc(C(F)(F)F)cc1)NC(=O)C([NH3+])CC=O.CNN(CC[NH3+])CC[NH3+]. The smallest absolute Gasteiger partial charge is 0.356 e. The van der Waals surface area contributed by atoms with E-state index in [0.29, 0.717) is 30.4 Å². The number of anilines is 1. The third-order valence-electron chi connectivity index (χ3n) is 5.79. The topological polar surface area (TPSA) is 188 Å². The van der Waals surface area contributed by atoms with E-state index in [4.69, 9.17) is 0 Å². The zero-order valence-corrected chi connectivity index (χ0v) is 25.0. The van der Waals surface area contributed by atoms with Crippen LogP contribution in [0.1, 0.15) is 35.7 Å². The first-order valence-electron chi connectivity index (χ1n) is 13.6. The number of amides is 2. The minimum absolute atomic E-state index is 0.0405. The number of aromatic nitrogens is 1. The molecular formula is C29H47F3N8O3+4. The zero-order chi connectivity index (χ0) is 32.8. The Morgan fingerprint density at radius 1 is 1.09 bits per heavy atom. The van der Waals surface area contributed by atoms with Crippen molar-refractivity contribution in [3.8, 4) is 0 Å². The molecule has 1 heterocycles. The lowest BCUT2D eigenvalue weighted by molar-refractivity contribution is -0.402. The fourth-order valence-electron chi connectivity index (χ4n) is 3.56. The minimum Gasteiger partial charge on any atom is -0.356 e. The molecule has 2 aromatic rings. The van der Waals surface area contributed by atoms with Gasteiger partial charge in [-0.15, -0.1) is 0 Å². The molecule has 0 radical (unpaired) electrons. The van der Waals surface area contributed by atoms with E-state index in [-0.39, 0.29) is 18.4 Å². The van der Waals surface area contributed by atoms with Crippen LogP contribution < -0.4 is 38.2 Å². The van der Waals surface area contributed by atoms with Crippen LogP contribution in [0.25, 0.3) is 12.2 Å². The monoisotopic (exact) mass is 612 g/mol. The third kappa shape index (κ3) is 16.3. The van der Waals surface area contributed by atoms with Gasteiger partial charge in [0.1, 0.15) is 12.0 Å². The number of benzene rings is 1. The van der Waals surface area contributed by atoms with Crippen LogP contribution in [-0.4, -0.2) is 68.9 Å². The number of carbonyl (C=O) groups is 3. The summed E-state index contributed by atoms with van der Waals surface area (Å²) in [6, 6.07) is 5.70. The standard InChI is InChI=1S/C14H17F3N2O2.C10H10N2O.C5H16N4/c1-9(19-13(21)12(18)6-7-20)8-10-2-4-11(5-3-10)14(15,16)17;1-3-8-5-9(12-7-13)6-11-10(8)4-2;1-8-9(4-2-6)5-3-7/h2-5,7,9,12H,6,8,18H2,1H3,(H,19,21);3-7H,1-2H2,(H,12,13);8H,2-7H2,1H3/p+4. The molecule has 1 aromatic heterocycles. The Hall–Kier alpha value is -3.95. The van der Waals surface area contributed by atoms with Gasteiger partial charge in [-0.3, -0.25) is 15.0 Å². The van der Waals surface area contributed by atoms with Gasteiger partial charge in [-0.25, -0.2) is 9.99 Å². The van der Waals surface area contributed by atoms with E-state index in [0.717, 1.165) is 49.6 Å². The van der Waals surface area contributed by atoms with Gasteiger partial charge in [0.25, 0.3) is 5.91 Å². The first-order chi connectivity index (χ1) is 20.4. The number of halogens is 3. The summed E-state index contributed by atoms with van der Waals surface area (Å²) in [6.45, 7) is 12.9. The molecule has 0 aliphatic heterocycles. The average Bonchev–Trinajstić information content (AvgIpc) is 2.97. The highest BCUT2D eigenvalue weighted by Gasteiger charge is 2.30. The zero-order valence-electron chi connectivity index (χ0n) is 25.0. The molecule has 2 amide bonds. The molecule has 1 aromatic carbocycles. The lowest BCUT2D eigenvalue weighted by Gasteiger charge is -2.16. The lowest BCUT2D eigenvalue weighted by atomic mass is 10.0. The van der Waals surface area contributed by atoms with Crippen LogP contribution in [0.3, 0.4) is 0 Å². The summed E-state index contributed by atoms with van der Waals surface area (Å²) in [6.07, 6.45) is 2.43. The van der Waals surface area contributed by atoms with Gasteiger partial charge in [0, 0.05) is 17.7 Å². The third-order valence-corrected chi connectivity index (χ3v) is 5.79. The van der Waals surface area contributed by atoms with Crippen molar-refractivity contribution in [1.82, 2.24) is 15.8 Å². The molecule has 0 saturated carbocycles. The number of hydrogen-bond acceptors (Lipinski definition) is 5. The second kappa shape index (κ2) is 21.7. The van der Waals surface area contributed by atoms with E-state index < -0.39 is 17.8 Å². The van der Waals surface area contributed by atoms with Gasteiger partial charge in [-0.1, -0.05) is 31.4 Å². The summed E-state index contributed by atoms with van der Waals surface area (Å²) in [4.78, 5) is 35.1. The summed E-state index contributed by atoms with van der Waals surface area (Å²) < 4.78 is 37.3. The number of H-pyrrole nitrogens is 1. The average molecular weight is 613 g/mol. The normalized spacial score (nSPS) is 11.9. The van der Waals surface area contributed by atoms with Crippen LogP contribution >= 0.6 is 0 Å². The quantitative estimate of drug-likeness (QED) is 0.113. The van der Waals surface area contributed by atoms with Gasteiger partial charge in [-0.2, -0.15) is 13.2 Å². The number of rotatable bonds is 15. The number of nitrogens with zero attached hydrogens (tertiary/aromatic N) is 1. The van der Waals surface area contributed by atoms with Gasteiger partial charge < -0.3 is 32.6 Å². The van der Waals surface area contributed by atoms with Gasteiger partial charge in [0.2, 0.25) is 12.1 Å². The predicted octanol–water partition coefficient (Wildman–Crippen LogP) is -0.786. The molecule has 11 nitrogen and oxygen atoms in total. The van der Waals surface area contributed by atoms with Crippen LogP contribution in [0.15, 0.2) is 49.7 Å². The Bertz CT molecular complexity index is 1120. The molecule has 0 bridgehead atoms. The lowest BCUT2D eigenvalue weighted by Crippen LogP contribution is -2.68. The highest BCUT2D eigenvalue weighted by molar-refractivity contribution is 5.82. The van der Waals surface area contributed by atoms with Crippen molar-refractivity contribution in [2.24, 2.45) is 0 Å². The van der Waals surface area contributed by atoms with E-state index >= 15 is 0 Å². The maximum atomic E-state index is 12.4. The summed E-state index contributed by atoms with van der Waals surface area (Å²) >= 11 is 0. The Labute approximate surface area is 250 Å². The van der Waals surface area contributed by atoms with E-state index in [9.17, 15) is 27.6 Å². The molecule has 2 atom stereocenters. The van der Waals surface area contributed by atoms with Crippen LogP contribution in [-0.2, 0) is 27.0 Å². The number of carbonyl (C=O) groups excluding carboxylic acids is 3. The largest absolute Gasteiger partial charge is 0.416 e. The Morgan fingerprint density at radius 3 is 2.14 bits per heavy atom. The summed E-state index contributed by atoms with van der Waals surface area (Å²) in [5.74, 6) is -0.346. The van der Waals surface area contributed by atoms with Crippen LogP contribution in [0.5, 0.6) is 0 Å². The van der Waals surface area contributed by atoms with Crippen LogP contribution in [0, 0.1) is 0 Å². The minimum atomic E-state index is -4.35. The number of alkyl halides is 3. The maximum absolute atomic E-state index is 12.4. The van der Waals surface area contributed by atoms with Crippen molar-refractivity contribution in [3.63, 3.8) is 0 Å². The van der Waals surface area contributed by atoms with Crippen LogP contribution in [0.2, 0.25) is 0 Å². The molecule has 2 rings (SSSR count). The number of pyridine rings is 1. The first kappa shape index (κ1) is 39.0. The molecule has 2 unspecified atom stereocenters. The van der Waals surface area contributed by atoms with E-state index in [2.05, 4.69) is 56.4 Å². The molecule has 0 fully saturated rings. The fraction of sp³-hybridized carbons (Fsp3) is 0.379. The fourth-order valence-corrected chi connectivity index (χ4v) is 3.56. The number of hydrogen-bond donors (Lipinski definition) is 6. The van der Waals surface area contributed by atoms with Gasteiger partial charge >= 0.3 is 6.18 Å². The van der Waals surface area contributed by atoms with E-state index in [1.165, 1.54) is 12.1 Å². The number of nitrogens with one attached hydrogen (secondary N) is 4. The van der Waals surface area contributed by atoms with E-state index in [1.807, 2.05) is 13.1 Å². The van der Waals surface area contributed by atoms with Crippen molar-refractivity contribution in [1.29, 1.82) is 0 Å². The first-order valence-corrected chi connectivity index (χ1v) is 13.6. The molecule has 0 spiro atoms. The van der Waals surface area contributed by atoms with Gasteiger partial charge in [0.15, 0.2) is 12.2 Å². The Balaban J connectivity index is 0.000000682. The number of aromatic amines is 1. The number of hydrazine groups is 1. The molecule has 0 saturated heterocycles. The van der Waals surface area contributed by atoms with Crippen molar-refractivity contribution in [3.05, 3.63) is 72.1 Å². The summed E-state index contributed by atoms with van der Waals surface area (Å²) in [5, 5.41) is 7.33.